The Bertz CT molecular complexity index is 638. The zero-order chi connectivity index (χ0) is 20.9. The van der Waals surface area contributed by atoms with E-state index in [1.807, 2.05) is 30.4 Å². The molecule has 0 aliphatic carbocycles. The summed E-state index contributed by atoms with van der Waals surface area (Å²) in [5, 5.41) is 9.93. The molecule has 29 heavy (non-hydrogen) atoms. The molecule has 162 valence electrons. The van der Waals surface area contributed by atoms with E-state index in [1.165, 1.54) is 18.4 Å². The van der Waals surface area contributed by atoms with Crippen LogP contribution in [0.3, 0.4) is 0 Å². The monoisotopic (exact) mass is 402 g/mol. The van der Waals surface area contributed by atoms with Gasteiger partial charge in [-0.25, -0.2) is 0 Å². The van der Waals surface area contributed by atoms with Crippen LogP contribution in [0.1, 0.15) is 51.5 Å². The molecule has 0 bridgehead atoms. The van der Waals surface area contributed by atoms with E-state index in [-0.39, 0.29) is 11.8 Å². The maximum absolute atomic E-state index is 12.9. The Hall–Kier alpha value is -1.50. The zero-order valence-electron chi connectivity index (χ0n) is 18.4. The average Bonchev–Trinajstić information content (AvgIpc) is 2.72. The van der Waals surface area contributed by atoms with E-state index in [9.17, 15) is 9.90 Å². The number of aromatic nitrogens is 1. The molecule has 2 aliphatic heterocycles. The molecule has 0 aromatic carbocycles. The lowest BCUT2D eigenvalue weighted by atomic mass is 9.92. The van der Waals surface area contributed by atoms with Crippen molar-refractivity contribution in [1.29, 1.82) is 0 Å². The first-order valence-corrected chi connectivity index (χ1v) is 11.1. The third kappa shape index (κ3) is 6.76. The van der Waals surface area contributed by atoms with Crippen LogP contribution in [0, 0.1) is 5.92 Å². The van der Waals surface area contributed by atoms with Crippen molar-refractivity contribution in [3.8, 4) is 0 Å². The number of amides is 1. The van der Waals surface area contributed by atoms with Crippen LogP contribution in [0.25, 0.3) is 0 Å². The van der Waals surface area contributed by atoms with Gasteiger partial charge in [-0.3, -0.25) is 19.6 Å². The van der Waals surface area contributed by atoms with Crippen molar-refractivity contribution in [3.05, 3.63) is 30.1 Å². The predicted octanol–water partition coefficient (Wildman–Crippen LogP) is 2.38. The zero-order valence-corrected chi connectivity index (χ0v) is 18.4. The Morgan fingerprint density at radius 1 is 1.28 bits per heavy atom. The fourth-order valence-corrected chi connectivity index (χ4v) is 4.60. The van der Waals surface area contributed by atoms with Gasteiger partial charge in [0, 0.05) is 45.1 Å². The second-order valence-electron chi connectivity index (χ2n) is 9.52. The topological polar surface area (TPSA) is 59.9 Å². The highest BCUT2D eigenvalue weighted by Gasteiger charge is 2.33. The molecule has 1 atom stereocenters. The van der Waals surface area contributed by atoms with Crippen LogP contribution in [0.5, 0.6) is 0 Å². The summed E-state index contributed by atoms with van der Waals surface area (Å²) in [6.07, 6.45) is 8.84. The summed E-state index contributed by atoms with van der Waals surface area (Å²) in [6.45, 7) is 9.42. The van der Waals surface area contributed by atoms with Gasteiger partial charge in [-0.05, 0) is 77.2 Å². The second-order valence-corrected chi connectivity index (χ2v) is 9.52. The van der Waals surface area contributed by atoms with E-state index in [0.29, 0.717) is 19.0 Å². The van der Waals surface area contributed by atoms with Crippen LogP contribution < -0.4 is 0 Å². The number of rotatable bonds is 7. The molecule has 3 heterocycles. The van der Waals surface area contributed by atoms with Crippen LogP contribution >= 0.6 is 0 Å². The van der Waals surface area contributed by atoms with E-state index in [4.69, 9.17) is 0 Å². The van der Waals surface area contributed by atoms with Gasteiger partial charge in [-0.1, -0.05) is 6.07 Å². The van der Waals surface area contributed by atoms with Crippen molar-refractivity contribution in [2.75, 3.05) is 39.8 Å². The molecule has 6 heteroatoms. The van der Waals surface area contributed by atoms with E-state index < -0.39 is 5.60 Å². The van der Waals surface area contributed by atoms with Crippen LogP contribution in [0.4, 0.5) is 0 Å². The van der Waals surface area contributed by atoms with Gasteiger partial charge in [0.2, 0.25) is 5.91 Å². The highest BCUT2D eigenvalue weighted by molar-refractivity contribution is 5.78. The summed E-state index contributed by atoms with van der Waals surface area (Å²) in [7, 11) is 1.88. The number of carbonyl (C=O) groups excluding carboxylic acids is 1. The van der Waals surface area contributed by atoms with Crippen LogP contribution in [-0.4, -0.2) is 82.1 Å². The molecule has 0 saturated carbocycles. The molecule has 2 fully saturated rings. The average molecular weight is 403 g/mol. The smallest absolute Gasteiger partial charge is 0.226 e. The fraction of sp³-hybridized carbons (Fsp3) is 0.739. The minimum atomic E-state index is -0.725. The SMILES string of the molecule is CN(CCC(C)(C)O)C(=O)C1CCCN(C2CCN(Cc3cccnc3)CC2)C1. The number of aliphatic hydroxyl groups is 1. The molecule has 3 rings (SSSR count). The molecular formula is C23H38N4O2. The van der Waals surface area contributed by atoms with Crippen molar-refractivity contribution in [3.63, 3.8) is 0 Å². The molecule has 1 aromatic heterocycles. The van der Waals surface area contributed by atoms with Gasteiger partial charge in [0.15, 0.2) is 0 Å². The summed E-state index contributed by atoms with van der Waals surface area (Å²) < 4.78 is 0. The number of carbonyl (C=O) groups is 1. The van der Waals surface area contributed by atoms with Gasteiger partial charge in [0.25, 0.3) is 0 Å². The van der Waals surface area contributed by atoms with Gasteiger partial charge in [-0.15, -0.1) is 0 Å². The van der Waals surface area contributed by atoms with Crippen LogP contribution in [0.15, 0.2) is 24.5 Å². The lowest BCUT2D eigenvalue weighted by Gasteiger charge is -2.42. The lowest BCUT2D eigenvalue weighted by molar-refractivity contribution is -0.137. The molecule has 1 aromatic rings. The van der Waals surface area contributed by atoms with Crippen molar-refractivity contribution < 1.29 is 9.90 Å². The maximum atomic E-state index is 12.9. The lowest BCUT2D eigenvalue weighted by Crippen LogP contribution is -2.51. The number of pyridine rings is 1. The van der Waals surface area contributed by atoms with Gasteiger partial charge >= 0.3 is 0 Å². The first kappa shape index (κ1) is 22.2. The number of hydrogen-bond acceptors (Lipinski definition) is 5. The molecular weight excluding hydrogens is 364 g/mol. The fourth-order valence-electron chi connectivity index (χ4n) is 4.60. The summed E-state index contributed by atoms with van der Waals surface area (Å²) in [5.41, 5.74) is 0.556. The van der Waals surface area contributed by atoms with E-state index in [0.717, 1.165) is 45.6 Å². The third-order valence-electron chi connectivity index (χ3n) is 6.44. The Morgan fingerprint density at radius 2 is 2.03 bits per heavy atom. The van der Waals surface area contributed by atoms with E-state index in [1.54, 1.807) is 13.8 Å². The van der Waals surface area contributed by atoms with Crippen LogP contribution in [0.2, 0.25) is 0 Å². The molecule has 2 aliphatic rings. The third-order valence-corrected chi connectivity index (χ3v) is 6.44. The van der Waals surface area contributed by atoms with Gasteiger partial charge in [-0.2, -0.15) is 0 Å². The minimum Gasteiger partial charge on any atom is -0.390 e. The van der Waals surface area contributed by atoms with Crippen molar-refractivity contribution in [2.24, 2.45) is 5.92 Å². The second kappa shape index (κ2) is 10.0. The number of nitrogens with zero attached hydrogens (tertiary/aromatic N) is 4. The Balaban J connectivity index is 1.45. The largest absolute Gasteiger partial charge is 0.390 e. The van der Waals surface area contributed by atoms with Gasteiger partial charge in [0.05, 0.1) is 11.5 Å². The van der Waals surface area contributed by atoms with Gasteiger partial charge < -0.3 is 10.0 Å². The first-order chi connectivity index (χ1) is 13.8. The molecule has 0 radical (unpaired) electrons. The number of hydrogen-bond donors (Lipinski definition) is 1. The molecule has 1 amide bonds. The summed E-state index contributed by atoms with van der Waals surface area (Å²) in [5.74, 6) is 0.344. The highest BCUT2D eigenvalue weighted by Crippen LogP contribution is 2.25. The predicted molar refractivity (Wildman–Crippen MR) is 115 cm³/mol. The van der Waals surface area contributed by atoms with Crippen molar-refractivity contribution >= 4 is 5.91 Å². The Labute approximate surface area is 175 Å². The Morgan fingerprint density at radius 3 is 2.69 bits per heavy atom. The maximum Gasteiger partial charge on any atom is 0.226 e. The number of likely N-dealkylation sites (tertiary alicyclic amines) is 2. The van der Waals surface area contributed by atoms with Crippen LogP contribution in [-0.2, 0) is 11.3 Å². The number of piperidine rings is 2. The first-order valence-electron chi connectivity index (χ1n) is 11.1. The normalized spacial score (nSPS) is 22.6. The summed E-state index contributed by atoms with van der Waals surface area (Å²) in [6, 6.07) is 4.75. The van der Waals surface area contributed by atoms with Crippen molar-refractivity contribution in [1.82, 2.24) is 19.7 Å². The standard InChI is InChI=1S/C23H38N4O2/c1-23(2,29)10-15-25(3)22(28)20-7-5-12-27(18-20)21-8-13-26(14-9-21)17-19-6-4-11-24-16-19/h4,6,11,16,20-21,29H,5,7-10,12-15,17-18H2,1-3H3. The molecule has 6 nitrogen and oxygen atoms in total. The van der Waals surface area contributed by atoms with Crippen molar-refractivity contribution in [2.45, 2.75) is 64.1 Å². The molecule has 1 unspecified atom stereocenters. The quantitative estimate of drug-likeness (QED) is 0.759. The summed E-state index contributed by atoms with van der Waals surface area (Å²) in [4.78, 5) is 24.0. The molecule has 2 saturated heterocycles. The van der Waals surface area contributed by atoms with E-state index in [2.05, 4.69) is 20.9 Å². The van der Waals surface area contributed by atoms with Gasteiger partial charge in [0.1, 0.15) is 0 Å². The minimum absolute atomic E-state index is 0.101. The molecule has 1 N–H and O–H groups in total. The Kier molecular flexibility index (Phi) is 7.66. The highest BCUT2D eigenvalue weighted by atomic mass is 16.3. The summed E-state index contributed by atoms with van der Waals surface area (Å²) >= 11 is 0. The molecule has 0 spiro atoms. The van der Waals surface area contributed by atoms with E-state index >= 15 is 0 Å².